The lowest BCUT2D eigenvalue weighted by Gasteiger charge is -2.24. The Kier molecular flexibility index (Phi) is 5.82. The molecule has 112 valence electrons. The van der Waals surface area contributed by atoms with E-state index >= 15 is 0 Å². The molecule has 1 aromatic carbocycles. The highest BCUT2D eigenvalue weighted by atomic mass is 16.5. The van der Waals surface area contributed by atoms with Crippen LogP contribution in [0, 0.1) is 5.92 Å². The minimum Gasteiger partial charge on any atom is -0.493 e. The number of ether oxygens (including phenoxy) is 2. The predicted octanol–water partition coefficient (Wildman–Crippen LogP) is 1.86. The van der Waals surface area contributed by atoms with Gasteiger partial charge in [0.05, 0.1) is 20.3 Å². The van der Waals surface area contributed by atoms with Gasteiger partial charge >= 0.3 is 0 Å². The largest absolute Gasteiger partial charge is 0.493 e. The Bertz CT molecular complexity index is 460. The van der Waals surface area contributed by atoms with Crippen LogP contribution in [-0.4, -0.2) is 26.2 Å². The van der Waals surface area contributed by atoms with Crippen molar-refractivity contribution in [3.05, 3.63) is 23.8 Å². The first kappa shape index (κ1) is 16.3. The van der Waals surface area contributed by atoms with Gasteiger partial charge in [-0.1, -0.05) is 19.9 Å². The van der Waals surface area contributed by atoms with E-state index in [1.807, 2.05) is 39.0 Å². The third kappa shape index (κ3) is 3.87. The maximum Gasteiger partial charge on any atom is 0.234 e. The first-order valence-corrected chi connectivity index (χ1v) is 6.68. The Labute approximate surface area is 120 Å². The molecule has 2 unspecified atom stereocenters. The zero-order valence-corrected chi connectivity index (χ0v) is 12.8. The van der Waals surface area contributed by atoms with Crippen LogP contribution in [0.15, 0.2) is 18.2 Å². The van der Waals surface area contributed by atoms with Gasteiger partial charge in [-0.2, -0.15) is 0 Å². The van der Waals surface area contributed by atoms with E-state index in [-0.39, 0.29) is 23.9 Å². The standard InChI is InChI=1S/C15H24N2O3/c1-9(2)14(15(16)18)17-10(3)11-6-7-12(19-4)13(8-11)20-5/h6-10,14,17H,1-5H3,(H2,16,18). The van der Waals surface area contributed by atoms with Crippen molar-refractivity contribution in [2.24, 2.45) is 11.7 Å². The fourth-order valence-electron chi connectivity index (χ4n) is 2.09. The van der Waals surface area contributed by atoms with E-state index < -0.39 is 0 Å². The van der Waals surface area contributed by atoms with Crippen molar-refractivity contribution in [2.75, 3.05) is 14.2 Å². The molecule has 0 aliphatic heterocycles. The smallest absolute Gasteiger partial charge is 0.234 e. The molecule has 1 aromatic rings. The summed E-state index contributed by atoms with van der Waals surface area (Å²) >= 11 is 0. The summed E-state index contributed by atoms with van der Waals surface area (Å²) in [5.41, 5.74) is 6.43. The number of rotatable bonds is 7. The maximum atomic E-state index is 11.4. The number of hydrogen-bond acceptors (Lipinski definition) is 4. The lowest BCUT2D eigenvalue weighted by atomic mass is 10.0. The minimum absolute atomic E-state index is 0.0188. The Balaban J connectivity index is 2.91. The van der Waals surface area contributed by atoms with Gasteiger partial charge in [-0.25, -0.2) is 0 Å². The van der Waals surface area contributed by atoms with Crippen LogP contribution in [0.4, 0.5) is 0 Å². The van der Waals surface area contributed by atoms with Crippen molar-refractivity contribution in [1.29, 1.82) is 0 Å². The Morgan fingerprint density at radius 1 is 1.15 bits per heavy atom. The van der Waals surface area contributed by atoms with Gasteiger partial charge < -0.3 is 15.2 Å². The van der Waals surface area contributed by atoms with Crippen LogP contribution in [0.1, 0.15) is 32.4 Å². The summed E-state index contributed by atoms with van der Waals surface area (Å²) in [7, 11) is 3.20. The molecule has 20 heavy (non-hydrogen) atoms. The van der Waals surface area contributed by atoms with Crippen molar-refractivity contribution in [1.82, 2.24) is 5.32 Å². The molecule has 0 bridgehead atoms. The molecular formula is C15H24N2O3. The van der Waals surface area contributed by atoms with Gasteiger partial charge in [-0.05, 0) is 30.5 Å². The molecule has 3 N–H and O–H groups in total. The third-order valence-electron chi connectivity index (χ3n) is 3.31. The number of methoxy groups -OCH3 is 2. The molecule has 1 rings (SSSR count). The van der Waals surface area contributed by atoms with Crippen LogP contribution in [-0.2, 0) is 4.79 Å². The predicted molar refractivity (Wildman–Crippen MR) is 78.9 cm³/mol. The molecule has 0 aliphatic carbocycles. The second-order valence-corrected chi connectivity index (χ2v) is 5.13. The first-order chi connectivity index (χ1) is 9.40. The van der Waals surface area contributed by atoms with Crippen molar-refractivity contribution >= 4 is 5.91 Å². The highest BCUT2D eigenvalue weighted by Gasteiger charge is 2.22. The van der Waals surface area contributed by atoms with Crippen LogP contribution in [0.25, 0.3) is 0 Å². The number of hydrogen-bond donors (Lipinski definition) is 2. The van der Waals surface area contributed by atoms with E-state index in [0.717, 1.165) is 5.56 Å². The minimum atomic E-state index is -0.363. The Morgan fingerprint density at radius 3 is 2.20 bits per heavy atom. The van der Waals surface area contributed by atoms with Crippen LogP contribution >= 0.6 is 0 Å². The summed E-state index contributed by atoms with van der Waals surface area (Å²) in [5.74, 6) is 1.14. The number of nitrogens with two attached hydrogens (primary N) is 1. The monoisotopic (exact) mass is 280 g/mol. The highest BCUT2D eigenvalue weighted by Crippen LogP contribution is 2.30. The molecule has 0 aromatic heterocycles. The lowest BCUT2D eigenvalue weighted by Crippen LogP contribution is -2.45. The van der Waals surface area contributed by atoms with E-state index in [0.29, 0.717) is 11.5 Å². The zero-order chi connectivity index (χ0) is 15.3. The van der Waals surface area contributed by atoms with Crippen LogP contribution < -0.4 is 20.5 Å². The number of carbonyl (C=O) groups excluding carboxylic acids is 1. The second-order valence-electron chi connectivity index (χ2n) is 5.13. The first-order valence-electron chi connectivity index (χ1n) is 6.68. The van der Waals surface area contributed by atoms with Gasteiger partial charge in [-0.3, -0.25) is 10.1 Å². The third-order valence-corrected chi connectivity index (χ3v) is 3.31. The number of benzene rings is 1. The fourth-order valence-corrected chi connectivity index (χ4v) is 2.09. The van der Waals surface area contributed by atoms with Gasteiger partial charge in [0, 0.05) is 6.04 Å². The summed E-state index contributed by atoms with van der Waals surface area (Å²) < 4.78 is 10.5. The van der Waals surface area contributed by atoms with E-state index in [1.165, 1.54) is 0 Å². The molecule has 5 nitrogen and oxygen atoms in total. The van der Waals surface area contributed by atoms with Gasteiger partial charge in [0.15, 0.2) is 11.5 Å². The van der Waals surface area contributed by atoms with Crippen molar-refractivity contribution in [3.63, 3.8) is 0 Å². The molecule has 0 saturated heterocycles. The summed E-state index contributed by atoms with van der Waals surface area (Å²) in [6.07, 6.45) is 0. The number of nitrogens with one attached hydrogen (secondary N) is 1. The average molecular weight is 280 g/mol. The molecular weight excluding hydrogens is 256 g/mol. The summed E-state index contributed by atoms with van der Waals surface area (Å²) in [5, 5.41) is 3.25. The molecule has 5 heteroatoms. The van der Waals surface area contributed by atoms with E-state index in [1.54, 1.807) is 14.2 Å². The molecule has 2 atom stereocenters. The molecule has 0 saturated carbocycles. The molecule has 0 aliphatic rings. The second kappa shape index (κ2) is 7.14. The van der Waals surface area contributed by atoms with Crippen molar-refractivity contribution in [2.45, 2.75) is 32.9 Å². The van der Waals surface area contributed by atoms with Crippen LogP contribution in [0.5, 0.6) is 11.5 Å². The maximum absolute atomic E-state index is 11.4. The van der Waals surface area contributed by atoms with Gasteiger partial charge in [0.2, 0.25) is 5.91 Å². The van der Waals surface area contributed by atoms with Crippen molar-refractivity contribution < 1.29 is 14.3 Å². The number of primary amides is 1. The molecule has 0 radical (unpaired) electrons. The van der Waals surface area contributed by atoms with Crippen LogP contribution in [0.3, 0.4) is 0 Å². The Morgan fingerprint density at radius 2 is 1.75 bits per heavy atom. The van der Waals surface area contributed by atoms with Crippen LogP contribution in [0.2, 0.25) is 0 Å². The number of amides is 1. The number of carbonyl (C=O) groups is 1. The topological polar surface area (TPSA) is 73.6 Å². The lowest BCUT2D eigenvalue weighted by molar-refractivity contribution is -0.121. The zero-order valence-electron chi connectivity index (χ0n) is 12.8. The Hall–Kier alpha value is -1.75. The van der Waals surface area contributed by atoms with Crippen molar-refractivity contribution in [3.8, 4) is 11.5 Å². The fraction of sp³-hybridized carbons (Fsp3) is 0.533. The van der Waals surface area contributed by atoms with E-state index in [4.69, 9.17) is 15.2 Å². The summed E-state index contributed by atoms with van der Waals surface area (Å²) in [4.78, 5) is 11.4. The van der Waals surface area contributed by atoms with E-state index in [9.17, 15) is 4.79 Å². The molecule has 1 amide bonds. The summed E-state index contributed by atoms with van der Waals surface area (Å²) in [6, 6.07) is 5.31. The quantitative estimate of drug-likeness (QED) is 0.799. The SMILES string of the molecule is COc1ccc(C(C)NC(C(N)=O)C(C)C)cc1OC. The van der Waals surface area contributed by atoms with Gasteiger partial charge in [-0.15, -0.1) is 0 Å². The highest BCUT2D eigenvalue weighted by molar-refractivity contribution is 5.80. The average Bonchev–Trinajstić information content (AvgIpc) is 2.42. The molecule has 0 heterocycles. The van der Waals surface area contributed by atoms with Gasteiger partial charge in [0.1, 0.15) is 0 Å². The van der Waals surface area contributed by atoms with Gasteiger partial charge in [0.25, 0.3) is 0 Å². The normalized spacial score (nSPS) is 13.9. The van der Waals surface area contributed by atoms with E-state index in [2.05, 4.69) is 5.32 Å². The molecule has 0 fully saturated rings. The summed E-state index contributed by atoms with van der Waals surface area (Å²) in [6.45, 7) is 5.91. The molecule has 0 spiro atoms.